The first-order valence-corrected chi connectivity index (χ1v) is 9.29. The molecule has 0 aliphatic heterocycles. The molecule has 0 unspecified atom stereocenters. The number of fused-ring (bicyclic) bond motifs is 1. The molecule has 2 N–H and O–H groups in total. The molecule has 3 rings (SSSR count). The number of rotatable bonds is 5. The molecule has 0 atom stereocenters. The van der Waals surface area contributed by atoms with Gasteiger partial charge in [0.05, 0.1) is 12.5 Å². The third-order valence-electron chi connectivity index (χ3n) is 3.84. The van der Waals surface area contributed by atoms with Crippen molar-refractivity contribution in [2.24, 2.45) is 0 Å². The molecule has 1 aliphatic carbocycles. The SMILES string of the molecule is CC(C)c1cc(NC2CC(NS(C)(=O)=O)C2)n2nccc2n1. The van der Waals surface area contributed by atoms with E-state index in [1.807, 2.05) is 12.1 Å². The predicted octanol–water partition coefficient (Wildman–Crippen LogP) is 1.34. The van der Waals surface area contributed by atoms with E-state index >= 15 is 0 Å². The molecule has 0 amide bonds. The molecule has 0 spiro atoms. The van der Waals surface area contributed by atoms with E-state index in [2.05, 4.69) is 34.0 Å². The first-order chi connectivity index (χ1) is 10.3. The summed E-state index contributed by atoms with van der Waals surface area (Å²) < 4.78 is 26.8. The van der Waals surface area contributed by atoms with Gasteiger partial charge in [0.25, 0.3) is 0 Å². The van der Waals surface area contributed by atoms with E-state index in [1.165, 1.54) is 6.26 Å². The molecule has 8 heteroatoms. The second-order valence-electron chi connectivity index (χ2n) is 6.22. The van der Waals surface area contributed by atoms with Crippen LogP contribution < -0.4 is 10.0 Å². The molecule has 22 heavy (non-hydrogen) atoms. The van der Waals surface area contributed by atoms with E-state index in [0.29, 0.717) is 5.92 Å². The van der Waals surface area contributed by atoms with Gasteiger partial charge >= 0.3 is 0 Å². The lowest BCUT2D eigenvalue weighted by molar-refractivity contribution is 0.346. The highest BCUT2D eigenvalue weighted by Crippen LogP contribution is 2.26. The molecule has 0 bridgehead atoms. The third-order valence-corrected chi connectivity index (χ3v) is 4.60. The van der Waals surface area contributed by atoms with Crippen LogP contribution in [0.25, 0.3) is 5.65 Å². The van der Waals surface area contributed by atoms with Crippen LogP contribution in [-0.4, -0.2) is 41.4 Å². The Labute approximate surface area is 130 Å². The lowest BCUT2D eigenvalue weighted by Gasteiger charge is -2.36. The minimum absolute atomic E-state index is 0.0204. The fourth-order valence-electron chi connectivity index (χ4n) is 2.67. The first-order valence-electron chi connectivity index (χ1n) is 7.40. The van der Waals surface area contributed by atoms with Crippen LogP contribution in [0.4, 0.5) is 5.82 Å². The molecule has 7 nitrogen and oxygen atoms in total. The maximum Gasteiger partial charge on any atom is 0.208 e. The average Bonchev–Trinajstić information content (AvgIpc) is 2.82. The van der Waals surface area contributed by atoms with Crippen LogP contribution in [0.2, 0.25) is 0 Å². The Balaban J connectivity index is 1.73. The lowest BCUT2D eigenvalue weighted by atomic mass is 9.87. The van der Waals surface area contributed by atoms with E-state index < -0.39 is 10.0 Å². The van der Waals surface area contributed by atoms with E-state index in [-0.39, 0.29) is 12.1 Å². The van der Waals surface area contributed by atoms with Crippen LogP contribution in [0.5, 0.6) is 0 Å². The van der Waals surface area contributed by atoms with Crippen LogP contribution in [0.15, 0.2) is 18.3 Å². The fraction of sp³-hybridized carbons (Fsp3) is 0.571. The van der Waals surface area contributed by atoms with Crippen molar-refractivity contribution in [2.75, 3.05) is 11.6 Å². The van der Waals surface area contributed by atoms with E-state index in [0.717, 1.165) is 30.0 Å². The molecule has 2 heterocycles. The van der Waals surface area contributed by atoms with Gasteiger partial charge in [0.15, 0.2) is 5.65 Å². The van der Waals surface area contributed by atoms with Gasteiger partial charge in [0, 0.05) is 29.9 Å². The fourth-order valence-corrected chi connectivity index (χ4v) is 3.47. The van der Waals surface area contributed by atoms with Crippen molar-refractivity contribution >= 4 is 21.5 Å². The van der Waals surface area contributed by atoms with E-state index in [4.69, 9.17) is 0 Å². The van der Waals surface area contributed by atoms with Crippen molar-refractivity contribution in [1.82, 2.24) is 19.3 Å². The second-order valence-corrected chi connectivity index (χ2v) is 8.00. The lowest BCUT2D eigenvalue weighted by Crippen LogP contribution is -2.49. The summed E-state index contributed by atoms with van der Waals surface area (Å²) in [7, 11) is -3.13. The van der Waals surface area contributed by atoms with Crippen LogP contribution >= 0.6 is 0 Å². The Hall–Kier alpha value is -1.67. The molecule has 120 valence electrons. The zero-order valence-electron chi connectivity index (χ0n) is 12.9. The Kier molecular flexibility index (Phi) is 3.82. The van der Waals surface area contributed by atoms with Crippen molar-refractivity contribution in [3.05, 3.63) is 24.0 Å². The maximum absolute atomic E-state index is 11.2. The first kappa shape index (κ1) is 15.2. The number of aromatic nitrogens is 3. The Bertz CT molecular complexity index is 778. The number of nitrogens with one attached hydrogen (secondary N) is 2. The standard InChI is InChI=1S/C14H21N5O2S/c1-9(2)12-8-14(19-13(17-12)4-5-15-19)16-10-6-11(7-10)18-22(3,20)21/h4-5,8-11,16,18H,6-7H2,1-3H3. The summed E-state index contributed by atoms with van der Waals surface area (Å²) in [5, 5.41) is 7.73. The molecule has 1 aliphatic rings. The van der Waals surface area contributed by atoms with Gasteiger partial charge in [-0.15, -0.1) is 0 Å². The quantitative estimate of drug-likeness (QED) is 0.867. The van der Waals surface area contributed by atoms with Gasteiger partial charge in [-0.1, -0.05) is 13.8 Å². The number of nitrogens with zero attached hydrogens (tertiary/aromatic N) is 3. The highest BCUT2D eigenvalue weighted by Gasteiger charge is 2.31. The number of hydrogen-bond acceptors (Lipinski definition) is 5. The predicted molar refractivity (Wildman–Crippen MR) is 85.5 cm³/mol. The van der Waals surface area contributed by atoms with Gasteiger partial charge < -0.3 is 5.32 Å². The Morgan fingerprint density at radius 1 is 1.32 bits per heavy atom. The van der Waals surface area contributed by atoms with Crippen molar-refractivity contribution in [3.8, 4) is 0 Å². The third kappa shape index (κ3) is 3.22. The smallest absolute Gasteiger partial charge is 0.208 e. The Morgan fingerprint density at radius 2 is 2.05 bits per heavy atom. The van der Waals surface area contributed by atoms with Crippen molar-refractivity contribution in [3.63, 3.8) is 0 Å². The van der Waals surface area contributed by atoms with Crippen molar-refractivity contribution in [2.45, 2.75) is 44.7 Å². The molecule has 1 fully saturated rings. The molecular formula is C14H21N5O2S. The van der Waals surface area contributed by atoms with Crippen LogP contribution in [-0.2, 0) is 10.0 Å². The van der Waals surface area contributed by atoms with Crippen molar-refractivity contribution in [1.29, 1.82) is 0 Å². The van der Waals surface area contributed by atoms with Gasteiger partial charge in [-0.2, -0.15) is 9.61 Å². The topological polar surface area (TPSA) is 88.4 Å². The minimum Gasteiger partial charge on any atom is -0.367 e. The molecule has 0 saturated heterocycles. The normalized spacial score (nSPS) is 22.0. The summed E-state index contributed by atoms with van der Waals surface area (Å²) in [4.78, 5) is 4.58. The highest BCUT2D eigenvalue weighted by atomic mass is 32.2. The minimum atomic E-state index is -3.13. The van der Waals surface area contributed by atoms with Gasteiger partial charge in [0.1, 0.15) is 5.82 Å². The maximum atomic E-state index is 11.2. The summed E-state index contributed by atoms with van der Waals surface area (Å²) in [5.41, 5.74) is 1.83. The zero-order chi connectivity index (χ0) is 15.9. The van der Waals surface area contributed by atoms with Gasteiger partial charge in [-0.05, 0) is 18.8 Å². The van der Waals surface area contributed by atoms with Crippen LogP contribution in [0, 0.1) is 0 Å². The van der Waals surface area contributed by atoms with E-state index in [9.17, 15) is 8.42 Å². The monoisotopic (exact) mass is 323 g/mol. The molecular weight excluding hydrogens is 302 g/mol. The van der Waals surface area contributed by atoms with Gasteiger partial charge in [-0.3, -0.25) is 0 Å². The highest BCUT2D eigenvalue weighted by molar-refractivity contribution is 7.88. The molecule has 1 saturated carbocycles. The summed E-state index contributed by atoms with van der Waals surface area (Å²) in [6.07, 6.45) is 4.47. The number of sulfonamides is 1. The summed E-state index contributed by atoms with van der Waals surface area (Å²) >= 11 is 0. The largest absolute Gasteiger partial charge is 0.367 e. The van der Waals surface area contributed by atoms with E-state index in [1.54, 1.807) is 10.7 Å². The molecule has 2 aromatic rings. The number of hydrogen-bond donors (Lipinski definition) is 2. The number of anilines is 1. The van der Waals surface area contributed by atoms with Gasteiger partial charge in [0.2, 0.25) is 10.0 Å². The average molecular weight is 323 g/mol. The molecule has 2 aromatic heterocycles. The summed E-state index contributed by atoms with van der Waals surface area (Å²) in [6, 6.07) is 4.16. The van der Waals surface area contributed by atoms with Gasteiger partial charge in [-0.25, -0.2) is 18.1 Å². The zero-order valence-corrected chi connectivity index (χ0v) is 13.8. The summed E-state index contributed by atoms with van der Waals surface area (Å²) in [6.45, 7) is 4.21. The molecule has 0 radical (unpaired) electrons. The molecule has 0 aromatic carbocycles. The second kappa shape index (κ2) is 5.51. The van der Waals surface area contributed by atoms with Crippen LogP contribution in [0.1, 0.15) is 38.3 Å². The summed E-state index contributed by atoms with van der Waals surface area (Å²) in [5.74, 6) is 1.24. The van der Waals surface area contributed by atoms with Crippen molar-refractivity contribution < 1.29 is 8.42 Å². The Morgan fingerprint density at radius 3 is 2.68 bits per heavy atom. The van der Waals surface area contributed by atoms with Crippen LogP contribution in [0.3, 0.4) is 0 Å².